The van der Waals surface area contributed by atoms with Gasteiger partial charge in [-0.2, -0.15) is 0 Å². The van der Waals surface area contributed by atoms with Gasteiger partial charge in [-0.25, -0.2) is 4.79 Å². The third-order valence-corrected chi connectivity index (χ3v) is 8.12. The van der Waals surface area contributed by atoms with E-state index in [0.717, 1.165) is 17.6 Å². The zero-order valence-electron chi connectivity index (χ0n) is 21.6. The van der Waals surface area contributed by atoms with Gasteiger partial charge < -0.3 is 5.11 Å². The van der Waals surface area contributed by atoms with Crippen LogP contribution in [0.5, 0.6) is 0 Å². The summed E-state index contributed by atoms with van der Waals surface area (Å²) in [6, 6.07) is 4.62. The number of allylic oxidation sites excluding steroid dienone is 6. The standard InChI is InChI=1S/C29H39BO2/c1-15-11-17(3)26(18(4)12-15)30(27-19(5)13-16(2)14-20(27)6)28-23(9)21(7)25(29(31)32)22(8)24(28)10/h11-13,20,23,28H,14H2,1-10H3,(H,31,32). The average Bonchev–Trinajstić information content (AvgIpc) is 2.64. The molecular weight excluding hydrogens is 391 g/mol. The first-order chi connectivity index (χ1) is 14.9. The van der Waals surface area contributed by atoms with Crippen molar-refractivity contribution < 1.29 is 9.90 Å². The number of carboxylic acids is 1. The Morgan fingerprint density at radius 1 is 0.938 bits per heavy atom. The Morgan fingerprint density at radius 2 is 1.50 bits per heavy atom. The maximum absolute atomic E-state index is 12.1. The van der Waals surface area contributed by atoms with E-state index in [4.69, 9.17) is 0 Å². The molecule has 0 aromatic heterocycles. The van der Waals surface area contributed by atoms with Gasteiger partial charge in [-0.3, -0.25) is 0 Å². The molecule has 1 aromatic rings. The third kappa shape index (κ3) is 4.07. The maximum Gasteiger partial charge on any atom is 0.335 e. The molecule has 0 fully saturated rings. The predicted molar refractivity (Wildman–Crippen MR) is 138 cm³/mol. The molecular formula is C29H39BO2. The summed E-state index contributed by atoms with van der Waals surface area (Å²) in [6.45, 7) is 22.2. The first kappa shape index (κ1) is 24.4. The van der Waals surface area contributed by atoms with Gasteiger partial charge in [-0.1, -0.05) is 82.0 Å². The molecule has 3 atom stereocenters. The molecule has 2 aliphatic rings. The summed E-state index contributed by atoms with van der Waals surface area (Å²) in [7, 11) is 0. The molecule has 0 saturated heterocycles. The highest BCUT2D eigenvalue weighted by atomic mass is 16.4. The van der Waals surface area contributed by atoms with Gasteiger partial charge in [0.15, 0.2) is 0 Å². The zero-order chi connectivity index (χ0) is 24.1. The van der Waals surface area contributed by atoms with Crippen LogP contribution in [0, 0.1) is 32.6 Å². The van der Waals surface area contributed by atoms with Gasteiger partial charge in [0, 0.05) is 0 Å². The molecule has 3 rings (SSSR count). The summed E-state index contributed by atoms with van der Waals surface area (Å²) in [5.41, 5.74) is 13.5. The van der Waals surface area contributed by atoms with Gasteiger partial charge in [-0.05, 0) is 85.0 Å². The molecule has 0 saturated carbocycles. The summed E-state index contributed by atoms with van der Waals surface area (Å²) in [5.74, 6) is 0.0752. The lowest BCUT2D eigenvalue weighted by atomic mass is 9.26. The minimum atomic E-state index is -0.802. The quantitative estimate of drug-likeness (QED) is 0.527. The SMILES string of the molecule is CC1=CC(C)=C(B(c2c(C)cc(C)cc2C)C2C(C)=C(C)C(C(=O)O)=C(C)C2C)C(C)C1. The van der Waals surface area contributed by atoms with Crippen LogP contribution in [0.15, 0.2) is 57.1 Å². The molecule has 1 aromatic carbocycles. The van der Waals surface area contributed by atoms with Crippen molar-refractivity contribution in [3.8, 4) is 0 Å². The second-order valence-corrected chi connectivity index (χ2v) is 10.5. The first-order valence-corrected chi connectivity index (χ1v) is 11.9. The molecule has 32 heavy (non-hydrogen) atoms. The average molecular weight is 430 g/mol. The lowest BCUT2D eigenvalue weighted by molar-refractivity contribution is -0.132. The molecule has 0 amide bonds. The molecule has 2 nitrogen and oxygen atoms in total. The van der Waals surface area contributed by atoms with E-state index in [9.17, 15) is 9.90 Å². The normalized spacial score (nSPS) is 24.2. The van der Waals surface area contributed by atoms with Crippen molar-refractivity contribution in [1.29, 1.82) is 0 Å². The van der Waals surface area contributed by atoms with Crippen molar-refractivity contribution in [1.82, 2.24) is 0 Å². The Morgan fingerprint density at radius 3 is 2.00 bits per heavy atom. The highest BCUT2D eigenvalue weighted by Crippen LogP contribution is 2.47. The maximum atomic E-state index is 12.1. The number of hydrogen-bond acceptors (Lipinski definition) is 1. The number of rotatable bonds is 4. The van der Waals surface area contributed by atoms with E-state index in [-0.39, 0.29) is 18.4 Å². The molecule has 0 spiro atoms. The summed E-state index contributed by atoms with van der Waals surface area (Å²) >= 11 is 0. The fourth-order valence-corrected chi connectivity index (χ4v) is 6.74. The highest BCUT2D eigenvalue weighted by molar-refractivity contribution is 6.82. The topological polar surface area (TPSA) is 37.3 Å². The lowest BCUT2D eigenvalue weighted by Crippen LogP contribution is -2.47. The van der Waals surface area contributed by atoms with E-state index in [1.165, 1.54) is 44.3 Å². The fraction of sp³-hybridized carbons (Fsp3) is 0.483. The zero-order valence-corrected chi connectivity index (χ0v) is 21.6. The van der Waals surface area contributed by atoms with E-state index in [1.807, 2.05) is 13.8 Å². The summed E-state index contributed by atoms with van der Waals surface area (Å²) in [5, 5.41) is 9.93. The van der Waals surface area contributed by atoms with Crippen LogP contribution in [0.1, 0.15) is 71.6 Å². The number of carbonyl (C=O) groups is 1. The predicted octanol–water partition coefficient (Wildman–Crippen LogP) is 6.91. The van der Waals surface area contributed by atoms with E-state index in [1.54, 1.807) is 0 Å². The number of carboxylic acid groups (broad SMARTS) is 1. The Labute approximate surface area is 195 Å². The van der Waals surface area contributed by atoms with E-state index < -0.39 is 5.97 Å². The molecule has 170 valence electrons. The third-order valence-electron chi connectivity index (χ3n) is 8.12. The lowest BCUT2D eigenvalue weighted by Gasteiger charge is -2.41. The summed E-state index contributed by atoms with van der Waals surface area (Å²) in [6.07, 6.45) is 3.46. The van der Waals surface area contributed by atoms with Crippen LogP contribution in [0.3, 0.4) is 0 Å². The second-order valence-electron chi connectivity index (χ2n) is 10.5. The van der Waals surface area contributed by atoms with E-state index in [2.05, 4.69) is 73.6 Å². The van der Waals surface area contributed by atoms with Gasteiger partial charge in [-0.15, -0.1) is 0 Å². The van der Waals surface area contributed by atoms with Crippen LogP contribution < -0.4 is 5.46 Å². The van der Waals surface area contributed by atoms with E-state index in [0.29, 0.717) is 11.5 Å². The summed E-state index contributed by atoms with van der Waals surface area (Å²) in [4.78, 5) is 12.1. The van der Waals surface area contributed by atoms with Crippen molar-refractivity contribution in [2.24, 2.45) is 11.8 Å². The molecule has 0 aliphatic heterocycles. The Kier molecular flexibility index (Phi) is 6.79. The van der Waals surface area contributed by atoms with Crippen molar-refractivity contribution >= 4 is 18.1 Å². The minimum absolute atomic E-state index is 0.161. The Hall–Kier alpha value is -2.29. The van der Waals surface area contributed by atoms with Crippen LogP contribution in [0.2, 0.25) is 5.82 Å². The Bertz CT molecular complexity index is 1070. The fourth-order valence-electron chi connectivity index (χ4n) is 6.74. The number of hydrogen-bond donors (Lipinski definition) is 1. The molecule has 3 heteroatoms. The van der Waals surface area contributed by atoms with Crippen molar-refractivity contribution in [2.75, 3.05) is 0 Å². The van der Waals surface area contributed by atoms with Crippen molar-refractivity contribution in [3.63, 3.8) is 0 Å². The van der Waals surface area contributed by atoms with Crippen LogP contribution in [-0.2, 0) is 4.79 Å². The summed E-state index contributed by atoms with van der Waals surface area (Å²) < 4.78 is 0. The van der Waals surface area contributed by atoms with Gasteiger partial charge in [0.05, 0.1) is 5.57 Å². The van der Waals surface area contributed by atoms with E-state index >= 15 is 0 Å². The van der Waals surface area contributed by atoms with Gasteiger partial charge >= 0.3 is 5.97 Å². The van der Waals surface area contributed by atoms with Gasteiger partial charge in [0.25, 0.3) is 0 Å². The molecule has 2 aliphatic carbocycles. The number of aliphatic carboxylic acids is 1. The van der Waals surface area contributed by atoms with Crippen molar-refractivity contribution in [3.05, 3.63) is 73.8 Å². The van der Waals surface area contributed by atoms with Crippen LogP contribution in [0.25, 0.3) is 0 Å². The molecule has 3 unspecified atom stereocenters. The monoisotopic (exact) mass is 430 g/mol. The number of aryl methyl sites for hydroxylation is 3. The first-order valence-electron chi connectivity index (χ1n) is 11.9. The smallest absolute Gasteiger partial charge is 0.335 e. The largest absolute Gasteiger partial charge is 0.478 e. The molecule has 1 N–H and O–H groups in total. The second kappa shape index (κ2) is 8.92. The van der Waals surface area contributed by atoms with Crippen LogP contribution in [0.4, 0.5) is 0 Å². The highest BCUT2D eigenvalue weighted by Gasteiger charge is 2.43. The van der Waals surface area contributed by atoms with Gasteiger partial charge in [0.2, 0.25) is 6.71 Å². The molecule has 0 heterocycles. The van der Waals surface area contributed by atoms with Crippen molar-refractivity contribution in [2.45, 2.75) is 81.5 Å². The molecule has 0 bridgehead atoms. The minimum Gasteiger partial charge on any atom is -0.478 e. The molecule has 0 radical (unpaired) electrons. The Balaban J connectivity index is 2.36. The number of benzene rings is 1. The van der Waals surface area contributed by atoms with Crippen LogP contribution in [-0.4, -0.2) is 17.8 Å². The van der Waals surface area contributed by atoms with Gasteiger partial charge in [0.1, 0.15) is 0 Å². The van der Waals surface area contributed by atoms with Crippen LogP contribution >= 0.6 is 0 Å².